The molecular formula is C21H26ClNO3. The predicted octanol–water partition coefficient (Wildman–Crippen LogP) is 4.45. The quantitative estimate of drug-likeness (QED) is 0.680. The minimum Gasteiger partial charge on any atom is -0.488 e. The van der Waals surface area contributed by atoms with Gasteiger partial charge in [-0.3, -0.25) is 4.79 Å². The van der Waals surface area contributed by atoms with Crippen molar-refractivity contribution in [2.75, 3.05) is 6.61 Å². The lowest BCUT2D eigenvalue weighted by Crippen LogP contribution is -2.36. The number of para-hydroxylation sites is 1. The monoisotopic (exact) mass is 375 g/mol. The van der Waals surface area contributed by atoms with Crippen LogP contribution in [0.4, 0.5) is 0 Å². The van der Waals surface area contributed by atoms with Crippen molar-refractivity contribution in [2.45, 2.75) is 39.3 Å². The number of halogens is 1. The van der Waals surface area contributed by atoms with Crippen LogP contribution in [0.3, 0.4) is 0 Å². The van der Waals surface area contributed by atoms with E-state index in [0.717, 1.165) is 18.4 Å². The highest BCUT2D eigenvalue weighted by molar-refractivity contribution is 6.31. The molecule has 0 aliphatic rings. The second-order valence-corrected chi connectivity index (χ2v) is 6.89. The van der Waals surface area contributed by atoms with Gasteiger partial charge in [-0.1, -0.05) is 55.8 Å². The molecule has 0 fully saturated rings. The maximum atomic E-state index is 12.7. The molecule has 5 heteroatoms. The Kier molecular flexibility index (Phi) is 7.95. The van der Waals surface area contributed by atoms with E-state index < -0.39 is 0 Å². The SMILES string of the molecule is CC[C@@H](C[C@@H](C)CO)NC(=O)c1ccccc1OCc1ccccc1Cl. The summed E-state index contributed by atoms with van der Waals surface area (Å²) in [6.07, 6.45) is 1.54. The number of amides is 1. The van der Waals surface area contributed by atoms with Gasteiger partial charge in [0, 0.05) is 23.2 Å². The van der Waals surface area contributed by atoms with Gasteiger partial charge in [-0.2, -0.15) is 0 Å². The summed E-state index contributed by atoms with van der Waals surface area (Å²) in [7, 11) is 0. The third kappa shape index (κ3) is 5.75. The van der Waals surface area contributed by atoms with Gasteiger partial charge < -0.3 is 15.2 Å². The Labute approximate surface area is 160 Å². The van der Waals surface area contributed by atoms with E-state index in [1.54, 1.807) is 12.1 Å². The Hall–Kier alpha value is -2.04. The summed E-state index contributed by atoms with van der Waals surface area (Å²) in [5.74, 6) is 0.499. The largest absolute Gasteiger partial charge is 0.488 e. The molecule has 1 amide bonds. The molecule has 0 aliphatic carbocycles. The van der Waals surface area contributed by atoms with Gasteiger partial charge in [-0.15, -0.1) is 0 Å². The predicted molar refractivity (Wildman–Crippen MR) is 105 cm³/mol. The third-order valence-electron chi connectivity index (χ3n) is 4.30. The van der Waals surface area contributed by atoms with Crippen LogP contribution in [0.2, 0.25) is 5.02 Å². The number of hydrogen-bond donors (Lipinski definition) is 2. The van der Waals surface area contributed by atoms with Crippen molar-refractivity contribution in [3.05, 3.63) is 64.7 Å². The zero-order valence-electron chi connectivity index (χ0n) is 15.2. The van der Waals surface area contributed by atoms with Crippen molar-refractivity contribution in [2.24, 2.45) is 5.92 Å². The lowest BCUT2D eigenvalue weighted by molar-refractivity contribution is 0.0921. The summed E-state index contributed by atoms with van der Waals surface area (Å²) in [6.45, 7) is 4.40. The molecular weight excluding hydrogens is 350 g/mol. The molecule has 4 nitrogen and oxygen atoms in total. The molecule has 0 saturated heterocycles. The van der Waals surface area contributed by atoms with Gasteiger partial charge in [0.1, 0.15) is 12.4 Å². The third-order valence-corrected chi connectivity index (χ3v) is 4.67. The highest BCUT2D eigenvalue weighted by atomic mass is 35.5. The van der Waals surface area contributed by atoms with E-state index in [4.69, 9.17) is 16.3 Å². The molecule has 2 atom stereocenters. The van der Waals surface area contributed by atoms with E-state index >= 15 is 0 Å². The van der Waals surface area contributed by atoms with Crippen LogP contribution in [0.25, 0.3) is 0 Å². The van der Waals surface area contributed by atoms with Gasteiger partial charge in [0.25, 0.3) is 5.91 Å². The van der Waals surface area contributed by atoms with Gasteiger partial charge in [0.2, 0.25) is 0 Å². The van der Waals surface area contributed by atoms with E-state index in [1.807, 2.05) is 50.2 Å². The molecule has 2 N–H and O–H groups in total. The van der Waals surface area contributed by atoms with Crippen molar-refractivity contribution >= 4 is 17.5 Å². The van der Waals surface area contributed by atoms with Crippen molar-refractivity contribution in [1.29, 1.82) is 0 Å². The van der Waals surface area contributed by atoms with Crippen LogP contribution < -0.4 is 10.1 Å². The fourth-order valence-electron chi connectivity index (χ4n) is 2.70. The minimum atomic E-state index is -0.170. The number of carbonyl (C=O) groups excluding carboxylic acids is 1. The van der Waals surface area contributed by atoms with Crippen molar-refractivity contribution in [3.8, 4) is 5.75 Å². The van der Waals surface area contributed by atoms with E-state index in [2.05, 4.69) is 5.32 Å². The lowest BCUT2D eigenvalue weighted by atomic mass is 10.0. The van der Waals surface area contributed by atoms with Crippen LogP contribution >= 0.6 is 11.6 Å². The van der Waals surface area contributed by atoms with E-state index in [-0.39, 0.29) is 24.5 Å². The highest BCUT2D eigenvalue weighted by Crippen LogP contribution is 2.22. The first kappa shape index (κ1) is 20.3. The molecule has 2 rings (SSSR count). The molecule has 0 aliphatic heterocycles. The number of ether oxygens (including phenoxy) is 1. The summed E-state index contributed by atoms with van der Waals surface area (Å²) in [5.41, 5.74) is 1.36. The summed E-state index contributed by atoms with van der Waals surface area (Å²) in [6, 6.07) is 14.7. The fraction of sp³-hybridized carbons (Fsp3) is 0.381. The molecule has 26 heavy (non-hydrogen) atoms. The standard InChI is InChI=1S/C21H26ClNO3/c1-3-17(12-15(2)13-24)23-21(25)18-9-5-7-11-20(18)26-14-16-8-4-6-10-19(16)22/h4-11,15,17,24H,3,12-14H2,1-2H3,(H,23,25)/t15-,17+/m1/s1. The minimum absolute atomic E-state index is 0.0151. The van der Waals surface area contributed by atoms with Crippen LogP contribution in [-0.4, -0.2) is 23.7 Å². The summed E-state index contributed by atoms with van der Waals surface area (Å²) in [5, 5.41) is 12.9. The van der Waals surface area contributed by atoms with Gasteiger partial charge in [0.05, 0.1) is 5.56 Å². The van der Waals surface area contributed by atoms with Crippen LogP contribution in [-0.2, 0) is 6.61 Å². The molecule has 0 aromatic heterocycles. The smallest absolute Gasteiger partial charge is 0.255 e. The normalized spacial score (nSPS) is 13.1. The van der Waals surface area contributed by atoms with Gasteiger partial charge >= 0.3 is 0 Å². The summed E-state index contributed by atoms with van der Waals surface area (Å²) < 4.78 is 5.86. The Balaban J connectivity index is 2.07. The van der Waals surface area contributed by atoms with Crippen LogP contribution in [0, 0.1) is 5.92 Å². The van der Waals surface area contributed by atoms with E-state index in [9.17, 15) is 9.90 Å². The molecule has 0 heterocycles. The fourth-order valence-corrected chi connectivity index (χ4v) is 2.89. The van der Waals surface area contributed by atoms with Crippen LogP contribution in [0.1, 0.15) is 42.6 Å². The van der Waals surface area contributed by atoms with Crippen molar-refractivity contribution < 1.29 is 14.6 Å². The average Bonchev–Trinajstić information content (AvgIpc) is 2.66. The molecule has 0 bridgehead atoms. The van der Waals surface area contributed by atoms with Crippen molar-refractivity contribution in [3.63, 3.8) is 0 Å². The first-order valence-corrected chi connectivity index (χ1v) is 9.29. The molecule has 0 saturated carbocycles. The van der Waals surface area contributed by atoms with E-state index in [0.29, 0.717) is 22.9 Å². The van der Waals surface area contributed by atoms with Crippen LogP contribution in [0.15, 0.2) is 48.5 Å². The van der Waals surface area contributed by atoms with Crippen molar-refractivity contribution in [1.82, 2.24) is 5.32 Å². The van der Waals surface area contributed by atoms with Crippen LogP contribution in [0.5, 0.6) is 5.75 Å². The summed E-state index contributed by atoms with van der Waals surface area (Å²) >= 11 is 6.16. The number of hydrogen-bond acceptors (Lipinski definition) is 3. The second-order valence-electron chi connectivity index (χ2n) is 6.48. The maximum Gasteiger partial charge on any atom is 0.255 e. The summed E-state index contributed by atoms with van der Waals surface area (Å²) in [4.78, 5) is 12.7. The molecule has 0 unspecified atom stereocenters. The molecule has 0 spiro atoms. The molecule has 0 radical (unpaired) electrons. The number of nitrogens with one attached hydrogen (secondary N) is 1. The Morgan fingerprint density at radius 1 is 1.19 bits per heavy atom. The van der Waals surface area contributed by atoms with E-state index in [1.165, 1.54) is 0 Å². The topological polar surface area (TPSA) is 58.6 Å². The van der Waals surface area contributed by atoms with Gasteiger partial charge in [-0.05, 0) is 37.0 Å². The first-order chi connectivity index (χ1) is 12.5. The Bertz CT molecular complexity index is 720. The Morgan fingerprint density at radius 2 is 1.88 bits per heavy atom. The zero-order valence-corrected chi connectivity index (χ0v) is 16.0. The van der Waals surface area contributed by atoms with Gasteiger partial charge in [0.15, 0.2) is 0 Å². The molecule has 2 aromatic rings. The second kappa shape index (κ2) is 10.2. The average molecular weight is 376 g/mol. The Morgan fingerprint density at radius 3 is 2.58 bits per heavy atom. The first-order valence-electron chi connectivity index (χ1n) is 8.92. The highest BCUT2D eigenvalue weighted by Gasteiger charge is 2.18. The molecule has 140 valence electrons. The molecule has 2 aromatic carbocycles. The number of benzene rings is 2. The maximum absolute atomic E-state index is 12.7. The number of rotatable bonds is 9. The van der Waals surface area contributed by atoms with Gasteiger partial charge in [-0.25, -0.2) is 0 Å². The lowest BCUT2D eigenvalue weighted by Gasteiger charge is -2.21. The zero-order chi connectivity index (χ0) is 18.9. The number of aliphatic hydroxyl groups excluding tert-OH is 1. The number of carbonyl (C=O) groups is 1. The number of aliphatic hydroxyl groups is 1.